The lowest BCUT2D eigenvalue weighted by Gasteiger charge is -2.30. The van der Waals surface area contributed by atoms with Crippen molar-refractivity contribution in [2.45, 2.75) is 12.5 Å². The van der Waals surface area contributed by atoms with E-state index in [1.54, 1.807) is 12.0 Å². The van der Waals surface area contributed by atoms with Crippen LogP contribution in [-0.4, -0.2) is 25.0 Å². The number of hydrogen-bond donors (Lipinski definition) is 0. The number of likely N-dealkylation sites (N-methyl/N-ethyl adjacent to an activating group) is 1. The summed E-state index contributed by atoms with van der Waals surface area (Å²) < 4.78 is 11.2. The fraction of sp³-hybridized carbons (Fsp3) is 0.174. The molecule has 0 fully saturated rings. The average Bonchev–Trinajstić information content (AvgIpc) is 2.72. The molecule has 0 N–H and O–H groups in total. The fourth-order valence-corrected chi connectivity index (χ4v) is 3.48. The second-order valence-corrected chi connectivity index (χ2v) is 6.65. The van der Waals surface area contributed by atoms with Crippen molar-refractivity contribution in [3.8, 4) is 17.2 Å². The van der Waals surface area contributed by atoms with Gasteiger partial charge in [-0.1, -0.05) is 48.5 Å². The van der Waals surface area contributed by atoms with Gasteiger partial charge >= 0.3 is 0 Å². The molecule has 0 bridgehead atoms. The van der Waals surface area contributed by atoms with E-state index >= 15 is 0 Å². The molecule has 0 aliphatic carbocycles. The Morgan fingerprint density at radius 1 is 0.926 bits per heavy atom. The molecule has 0 aromatic heterocycles. The van der Waals surface area contributed by atoms with Crippen LogP contribution in [0.5, 0.6) is 17.2 Å². The Labute approximate surface area is 159 Å². The van der Waals surface area contributed by atoms with Crippen LogP contribution in [0.15, 0.2) is 72.8 Å². The average molecular weight is 359 g/mol. The molecule has 0 unspecified atom stereocenters. The minimum Gasteiger partial charge on any atom is -0.497 e. The Balaban J connectivity index is 1.64. The van der Waals surface area contributed by atoms with E-state index in [9.17, 15) is 4.79 Å². The Morgan fingerprint density at radius 2 is 1.48 bits per heavy atom. The van der Waals surface area contributed by atoms with E-state index in [1.807, 2.05) is 79.8 Å². The van der Waals surface area contributed by atoms with E-state index in [0.29, 0.717) is 6.54 Å². The van der Waals surface area contributed by atoms with Crippen LogP contribution >= 0.6 is 0 Å². The Morgan fingerprint density at radius 3 is 2.04 bits per heavy atom. The van der Waals surface area contributed by atoms with Crippen LogP contribution in [0, 0.1) is 0 Å². The van der Waals surface area contributed by atoms with E-state index in [1.165, 1.54) is 0 Å². The molecule has 0 atom stereocenters. The van der Waals surface area contributed by atoms with Gasteiger partial charge in [-0.25, -0.2) is 0 Å². The number of amides is 1. The van der Waals surface area contributed by atoms with Crippen molar-refractivity contribution in [1.82, 2.24) is 4.90 Å². The highest BCUT2D eigenvalue weighted by molar-refractivity contribution is 5.89. The standard InChI is InChI=1S/C23H21NO3/c1-24(15-16-11-13-17(26-2)14-12-16)23(25)22-18-7-3-5-9-20(18)27-21-10-6-4-8-19(21)22/h3-14,22H,15H2,1-2H3. The smallest absolute Gasteiger partial charge is 0.234 e. The minimum absolute atomic E-state index is 0.0500. The van der Waals surface area contributed by atoms with Crippen molar-refractivity contribution in [3.05, 3.63) is 89.5 Å². The summed E-state index contributed by atoms with van der Waals surface area (Å²) in [5, 5.41) is 0. The lowest BCUT2D eigenvalue weighted by Crippen LogP contribution is -2.33. The van der Waals surface area contributed by atoms with Crippen molar-refractivity contribution < 1.29 is 14.3 Å². The molecule has 4 rings (SSSR count). The van der Waals surface area contributed by atoms with Crippen LogP contribution in [0.3, 0.4) is 0 Å². The van der Waals surface area contributed by atoms with E-state index in [-0.39, 0.29) is 11.8 Å². The predicted octanol–water partition coefficient (Wildman–Crippen LogP) is 4.59. The summed E-state index contributed by atoms with van der Waals surface area (Å²) in [7, 11) is 3.48. The molecule has 3 aromatic carbocycles. The predicted molar refractivity (Wildman–Crippen MR) is 104 cm³/mol. The lowest BCUT2D eigenvalue weighted by atomic mass is 9.87. The topological polar surface area (TPSA) is 38.8 Å². The number of methoxy groups -OCH3 is 1. The third-order valence-corrected chi connectivity index (χ3v) is 4.88. The third-order valence-electron chi connectivity index (χ3n) is 4.88. The molecule has 136 valence electrons. The van der Waals surface area contributed by atoms with Crippen LogP contribution in [0.2, 0.25) is 0 Å². The molecule has 0 spiro atoms. The maximum Gasteiger partial charge on any atom is 0.234 e. The number of benzene rings is 3. The minimum atomic E-state index is -0.366. The van der Waals surface area contributed by atoms with Gasteiger partial charge in [0, 0.05) is 24.7 Å². The fourth-order valence-electron chi connectivity index (χ4n) is 3.48. The summed E-state index contributed by atoms with van der Waals surface area (Å²) in [6, 6.07) is 23.3. The number of hydrogen-bond acceptors (Lipinski definition) is 3. The zero-order valence-electron chi connectivity index (χ0n) is 15.4. The molecule has 1 amide bonds. The summed E-state index contributed by atoms with van der Waals surface area (Å²) >= 11 is 0. The summed E-state index contributed by atoms with van der Waals surface area (Å²) in [4.78, 5) is 15.2. The van der Waals surface area contributed by atoms with Crippen molar-refractivity contribution in [2.75, 3.05) is 14.2 Å². The zero-order chi connectivity index (χ0) is 18.8. The van der Waals surface area contributed by atoms with Crippen molar-refractivity contribution >= 4 is 5.91 Å². The molecule has 4 nitrogen and oxygen atoms in total. The molecule has 0 radical (unpaired) electrons. The highest BCUT2D eigenvalue weighted by atomic mass is 16.5. The number of ether oxygens (including phenoxy) is 2. The first-order chi connectivity index (χ1) is 13.2. The number of para-hydroxylation sites is 2. The number of nitrogens with zero attached hydrogens (tertiary/aromatic N) is 1. The summed E-state index contributed by atoms with van der Waals surface area (Å²) in [5.41, 5.74) is 2.87. The van der Waals surface area contributed by atoms with Crippen LogP contribution in [0.25, 0.3) is 0 Å². The van der Waals surface area contributed by atoms with Crippen LogP contribution in [-0.2, 0) is 11.3 Å². The number of carbonyl (C=O) groups is 1. The van der Waals surface area contributed by atoms with Gasteiger partial charge in [-0.05, 0) is 29.8 Å². The Kier molecular flexibility index (Phi) is 4.55. The molecule has 0 saturated heterocycles. The molecule has 1 aliphatic heterocycles. The van der Waals surface area contributed by atoms with Gasteiger partial charge in [-0.3, -0.25) is 4.79 Å². The quantitative estimate of drug-likeness (QED) is 0.684. The van der Waals surface area contributed by atoms with Crippen molar-refractivity contribution in [1.29, 1.82) is 0 Å². The maximum absolute atomic E-state index is 13.4. The second kappa shape index (κ2) is 7.16. The summed E-state index contributed by atoms with van der Waals surface area (Å²) in [5.74, 6) is 1.98. The van der Waals surface area contributed by atoms with E-state index < -0.39 is 0 Å². The summed E-state index contributed by atoms with van der Waals surface area (Å²) in [6.07, 6.45) is 0. The number of carbonyl (C=O) groups excluding carboxylic acids is 1. The highest BCUT2D eigenvalue weighted by Crippen LogP contribution is 2.44. The van der Waals surface area contributed by atoms with Gasteiger partial charge < -0.3 is 14.4 Å². The number of fused-ring (bicyclic) bond motifs is 2. The van der Waals surface area contributed by atoms with Gasteiger partial charge in [0.1, 0.15) is 17.2 Å². The molecule has 4 heteroatoms. The van der Waals surface area contributed by atoms with Crippen molar-refractivity contribution in [3.63, 3.8) is 0 Å². The maximum atomic E-state index is 13.4. The first-order valence-corrected chi connectivity index (χ1v) is 8.91. The highest BCUT2D eigenvalue weighted by Gasteiger charge is 2.34. The van der Waals surface area contributed by atoms with E-state index in [0.717, 1.165) is 33.9 Å². The normalized spacial score (nSPS) is 12.5. The zero-order valence-corrected chi connectivity index (χ0v) is 15.4. The lowest BCUT2D eigenvalue weighted by molar-refractivity contribution is -0.131. The first-order valence-electron chi connectivity index (χ1n) is 8.91. The monoisotopic (exact) mass is 359 g/mol. The second-order valence-electron chi connectivity index (χ2n) is 6.65. The number of rotatable bonds is 4. The Hall–Kier alpha value is -3.27. The van der Waals surface area contributed by atoms with Gasteiger partial charge in [-0.15, -0.1) is 0 Å². The van der Waals surface area contributed by atoms with Gasteiger partial charge in [0.2, 0.25) is 5.91 Å². The third kappa shape index (κ3) is 3.26. The molecular formula is C23H21NO3. The molecule has 1 heterocycles. The first kappa shape index (κ1) is 17.2. The van der Waals surface area contributed by atoms with Gasteiger partial charge in [-0.2, -0.15) is 0 Å². The van der Waals surface area contributed by atoms with E-state index in [2.05, 4.69) is 0 Å². The van der Waals surface area contributed by atoms with Gasteiger partial charge in [0.05, 0.1) is 13.0 Å². The molecule has 0 saturated carbocycles. The molecule has 27 heavy (non-hydrogen) atoms. The van der Waals surface area contributed by atoms with Gasteiger partial charge in [0.25, 0.3) is 0 Å². The van der Waals surface area contributed by atoms with Crippen molar-refractivity contribution in [2.24, 2.45) is 0 Å². The van der Waals surface area contributed by atoms with Crippen LogP contribution in [0.4, 0.5) is 0 Å². The molecule has 3 aromatic rings. The van der Waals surface area contributed by atoms with Crippen LogP contribution < -0.4 is 9.47 Å². The van der Waals surface area contributed by atoms with E-state index in [4.69, 9.17) is 9.47 Å². The van der Waals surface area contributed by atoms with Gasteiger partial charge in [0.15, 0.2) is 0 Å². The molecular weight excluding hydrogens is 338 g/mol. The van der Waals surface area contributed by atoms with Crippen LogP contribution in [0.1, 0.15) is 22.6 Å². The molecule has 1 aliphatic rings. The summed E-state index contributed by atoms with van der Waals surface area (Å²) in [6.45, 7) is 0.532. The SMILES string of the molecule is COc1ccc(CN(C)C(=O)C2c3ccccc3Oc3ccccc32)cc1. The Bertz CT molecular complexity index is 920. The largest absolute Gasteiger partial charge is 0.497 e.